The van der Waals surface area contributed by atoms with Gasteiger partial charge in [0.1, 0.15) is 13.2 Å². The van der Waals surface area contributed by atoms with Gasteiger partial charge in [0.05, 0.1) is 0 Å². The Morgan fingerprint density at radius 3 is 0.877 bits per heavy atom. The second-order valence-corrected chi connectivity index (χ2v) is 21.0. The first kappa shape index (κ1) is 63.4. The fourth-order valence-corrected chi connectivity index (χ4v) is 9.02. The lowest BCUT2D eigenvalue weighted by Gasteiger charge is -2.18. The molecule has 0 aromatic heterocycles. The van der Waals surface area contributed by atoms with Gasteiger partial charge in [-0.1, -0.05) is 291 Å². The maximum Gasteiger partial charge on any atom is 0.306 e. The highest BCUT2D eigenvalue weighted by Crippen LogP contribution is 2.19. The van der Waals surface area contributed by atoms with Crippen LogP contribution in [0, 0.1) is 11.8 Å². The summed E-state index contributed by atoms with van der Waals surface area (Å²) < 4.78 is 16.9. The second-order valence-electron chi connectivity index (χ2n) is 21.0. The number of unbranched alkanes of at least 4 members (excludes halogenated alkanes) is 37. The van der Waals surface area contributed by atoms with Crippen molar-refractivity contribution in [3.8, 4) is 0 Å². The number of esters is 3. The SMILES string of the molecule is CCCCCCCCCCCCCCCCCCC(=O)OC[C@H](COC(=O)CCCCCCCCC(C)C)OC(=O)CCCCCCCCCCCCCCCCCCCCC(C)CC. The summed E-state index contributed by atoms with van der Waals surface area (Å²) in [7, 11) is 0. The molecule has 0 fully saturated rings. The van der Waals surface area contributed by atoms with Crippen LogP contribution in [0.1, 0.15) is 330 Å². The predicted octanol–water partition coefficient (Wildman–Crippen LogP) is 19.3. The predicted molar refractivity (Wildman–Crippen MR) is 280 cm³/mol. The number of hydrogen-bond donors (Lipinski definition) is 0. The van der Waals surface area contributed by atoms with Crippen LogP contribution in [0.2, 0.25) is 0 Å². The van der Waals surface area contributed by atoms with Crippen LogP contribution in [0.25, 0.3) is 0 Å². The normalized spacial score (nSPS) is 12.5. The zero-order chi connectivity index (χ0) is 47.5. The van der Waals surface area contributed by atoms with Crippen LogP contribution in [0.3, 0.4) is 0 Å². The van der Waals surface area contributed by atoms with Crippen molar-refractivity contribution in [2.45, 2.75) is 336 Å². The second kappa shape index (κ2) is 51.8. The van der Waals surface area contributed by atoms with E-state index >= 15 is 0 Å². The average molecular weight is 920 g/mol. The largest absolute Gasteiger partial charge is 0.462 e. The van der Waals surface area contributed by atoms with Crippen LogP contribution in [0.15, 0.2) is 0 Å². The molecule has 0 N–H and O–H groups in total. The highest BCUT2D eigenvalue weighted by atomic mass is 16.6. The Hall–Kier alpha value is -1.59. The molecule has 0 aliphatic rings. The first-order valence-corrected chi connectivity index (χ1v) is 29.3. The van der Waals surface area contributed by atoms with Gasteiger partial charge in [-0.25, -0.2) is 0 Å². The fourth-order valence-electron chi connectivity index (χ4n) is 9.02. The minimum absolute atomic E-state index is 0.0636. The van der Waals surface area contributed by atoms with Gasteiger partial charge in [-0.15, -0.1) is 0 Å². The van der Waals surface area contributed by atoms with Gasteiger partial charge in [0.15, 0.2) is 6.10 Å². The lowest BCUT2D eigenvalue weighted by molar-refractivity contribution is -0.167. The van der Waals surface area contributed by atoms with Crippen molar-refractivity contribution < 1.29 is 28.6 Å². The van der Waals surface area contributed by atoms with Gasteiger partial charge >= 0.3 is 17.9 Å². The molecule has 0 spiro atoms. The van der Waals surface area contributed by atoms with E-state index in [1.165, 1.54) is 218 Å². The van der Waals surface area contributed by atoms with E-state index in [1.807, 2.05) is 0 Å². The molecule has 0 heterocycles. The van der Waals surface area contributed by atoms with Crippen molar-refractivity contribution in [1.82, 2.24) is 0 Å². The third-order valence-corrected chi connectivity index (χ3v) is 13.8. The molecule has 0 aromatic carbocycles. The van der Waals surface area contributed by atoms with E-state index < -0.39 is 6.10 Å². The minimum Gasteiger partial charge on any atom is -0.462 e. The molecular formula is C59H114O6. The number of ether oxygens (including phenoxy) is 3. The van der Waals surface area contributed by atoms with Crippen molar-refractivity contribution in [3.05, 3.63) is 0 Å². The maximum absolute atomic E-state index is 12.8. The first-order valence-electron chi connectivity index (χ1n) is 29.3. The molecule has 2 atom stereocenters. The van der Waals surface area contributed by atoms with Crippen LogP contribution in [-0.4, -0.2) is 37.2 Å². The van der Waals surface area contributed by atoms with E-state index in [0.717, 1.165) is 69.6 Å². The summed E-state index contributed by atoms with van der Waals surface area (Å²) in [6, 6.07) is 0. The van der Waals surface area contributed by atoms with E-state index in [-0.39, 0.29) is 31.1 Å². The molecule has 0 amide bonds. The van der Waals surface area contributed by atoms with E-state index in [1.54, 1.807) is 0 Å². The van der Waals surface area contributed by atoms with Crippen LogP contribution >= 0.6 is 0 Å². The summed E-state index contributed by atoms with van der Waals surface area (Å²) in [6.07, 6.45) is 55.4. The molecule has 6 nitrogen and oxygen atoms in total. The van der Waals surface area contributed by atoms with Crippen LogP contribution in [0.5, 0.6) is 0 Å². The van der Waals surface area contributed by atoms with Gasteiger partial charge in [-0.3, -0.25) is 14.4 Å². The molecule has 1 unspecified atom stereocenters. The summed E-state index contributed by atoms with van der Waals surface area (Å²) in [4.78, 5) is 38.0. The maximum atomic E-state index is 12.8. The molecule has 0 radical (unpaired) electrons. The fraction of sp³-hybridized carbons (Fsp3) is 0.949. The van der Waals surface area contributed by atoms with Crippen LogP contribution in [0.4, 0.5) is 0 Å². The summed E-state index contributed by atoms with van der Waals surface area (Å²) in [5.74, 6) is 0.827. The molecule has 0 aromatic rings. The van der Waals surface area contributed by atoms with Crippen molar-refractivity contribution in [2.75, 3.05) is 13.2 Å². The average Bonchev–Trinajstić information content (AvgIpc) is 3.29. The summed E-state index contributed by atoms with van der Waals surface area (Å²) in [6.45, 7) is 11.4. The highest BCUT2D eigenvalue weighted by molar-refractivity contribution is 5.71. The Balaban J connectivity index is 4.19. The van der Waals surface area contributed by atoms with Gasteiger partial charge in [0.2, 0.25) is 0 Å². The van der Waals surface area contributed by atoms with Gasteiger partial charge in [-0.05, 0) is 31.1 Å². The van der Waals surface area contributed by atoms with Crippen molar-refractivity contribution in [3.63, 3.8) is 0 Å². The minimum atomic E-state index is -0.763. The van der Waals surface area contributed by atoms with E-state index in [4.69, 9.17) is 14.2 Å². The Morgan fingerprint density at radius 2 is 0.585 bits per heavy atom. The van der Waals surface area contributed by atoms with E-state index in [2.05, 4.69) is 34.6 Å². The Morgan fingerprint density at radius 1 is 0.323 bits per heavy atom. The molecule has 65 heavy (non-hydrogen) atoms. The topological polar surface area (TPSA) is 78.9 Å². The van der Waals surface area contributed by atoms with Crippen LogP contribution in [-0.2, 0) is 28.6 Å². The Labute approximate surface area is 406 Å². The molecule has 386 valence electrons. The standard InChI is InChI=1S/C59H114O6/c1-6-8-9-10-11-12-13-14-15-21-24-27-30-33-39-44-49-57(60)63-52-56(53-64-58(61)50-45-40-36-35-37-42-47-54(3)4)65-59(62)51-46-41-34-31-28-25-22-19-17-16-18-20-23-26-29-32-38-43-48-55(5)7-2/h54-56H,6-53H2,1-5H3/t55?,56-/m1/s1. The Bertz CT molecular complexity index is 995. The summed E-state index contributed by atoms with van der Waals surface area (Å²) >= 11 is 0. The molecule has 0 aliphatic carbocycles. The Kier molecular flexibility index (Phi) is 50.5. The lowest BCUT2D eigenvalue weighted by atomic mass is 9.99. The van der Waals surface area contributed by atoms with Gasteiger partial charge in [0, 0.05) is 19.3 Å². The number of rotatable bonds is 53. The van der Waals surface area contributed by atoms with Crippen molar-refractivity contribution in [1.29, 1.82) is 0 Å². The highest BCUT2D eigenvalue weighted by Gasteiger charge is 2.19. The number of hydrogen-bond acceptors (Lipinski definition) is 6. The van der Waals surface area contributed by atoms with Crippen molar-refractivity contribution in [2.24, 2.45) is 11.8 Å². The molecule has 0 saturated heterocycles. The van der Waals surface area contributed by atoms with Crippen LogP contribution < -0.4 is 0 Å². The number of carbonyl (C=O) groups is 3. The van der Waals surface area contributed by atoms with Crippen molar-refractivity contribution >= 4 is 17.9 Å². The summed E-state index contributed by atoms with van der Waals surface area (Å²) in [5.41, 5.74) is 0. The van der Waals surface area contributed by atoms with E-state index in [9.17, 15) is 14.4 Å². The monoisotopic (exact) mass is 919 g/mol. The molecule has 0 rings (SSSR count). The van der Waals surface area contributed by atoms with E-state index in [0.29, 0.717) is 19.3 Å². The molecule has 0 saturated carbocycles. The number of carbonyl (C=O) groups excluding carboxylic acids is 3. The quantitative estimate of drug-likeness (QED) is 0.0344. The smallest absolute Gasteiger partial charge is 0.306 e. The molecular weight excluding hydrogens is 805 g/mol. The zero-order valence-corrected chi connectivity index (χ0v) is 44.6. The summed E-state index contributed by atoms with van der Waals surface area (Å²) in [5, 5.41) is 0. The van der Waals surface area contributed by atoms with Gasteiger partial charge in [0.25, 0.3) is 0 Å². The molecule has 6 heteroatoms. The molecule has 0 aliphatic heterocycles. The third kappa shape index (κ3) is 51.6. The first-order chi connectivity index (χ1) is 31.8. The lowest BCUT2D eigenvalue weighted by Crippen LogP contribution is -2.30. The van der Waals surface area contributed by atoms with Gasteiger partial charge < -0.3 is 14.2 Å². The zero-order valence-electron chi connectivity index (χ0n) is 44.6. The molecule has 0 bridgehead atoms. The van der Waals surface area contributed by atoms with Gasteiger partial charge in [-0.2, -0.15) is 0 Å². The third-order valence-electron chi connectivity index (χ3n) is 13.8.